The first kappa shape index (κ1) is 14.0. The highest BCUT2D eigenvalue weighted by molar-refractivity contribution is 5.04. The zero-order valence-corrected chi connectivity index (χ0v) is 12.5. The lowest BCUT2D eigenvalue weighted by atomic mass is 9.70. The topological polar surface area (TPSA) is 0 Å². The molecule has 0 bridgehead atoms. The molecule has 0 aliphatic heterocycles. The Morgan fingerprint density at radius 1 is 0.889 bits per heavy atom. The summed E-state index contributed by atoms with van der Waals surface area (Å²) in [6, 6.07) is 0. The highest BCUT2D eigenvalue weighted by Crippen LogP contribution is 2.40. The zero-order valence-electron chi connectivity index (χ0n) is 12.5. The molecule has 0 aromatic heterocycles. The number of hydrogen-bond donors (Lipinski definition) is 0. The van der Waals surface area contributed by atoms with E-state index in [4.69, 9.17) is 0 Å². The van der Waals surface area contributed by atoms with E-state index in [-0.39, 0.29) is 0 Å². The molecule has 0 N–H and O–H groups in total. The molecular formula is C18H30. The van der Waals surface area contributed by atoms with Crippen LogP contribution in [0.25, 0.3) is 0 Å². The van der Waals surface area contributed by atoms with E-state index >= 15 is 0 Å². The van der Waals surface area contributed by atoms with E-state index in [0.717, 1.165) is 23.7 Å². The summed E-state index contributed by atoms with van der Waals surface area (Å²) in [5, 5.41) is 0. The largest absolute Gasteiger partial charge is 0.106 e. The molecule has 0 saturated heterocycles. The highest BCUT2D eigenvalue weighted by atomic mass is 14.3. The van der Waals surface area contributed by atoms with Gasteiger partial charge >= 0.3 is 0 Å². The van der Waals surface area contributed by atoms with Gasteiger partial charge < -0.3 is 0 Å². The molecule has 2 fully saturated rings. The van der Waals surface area contributed by atoms with Crippen molar-refractivity contribution in [3.05, 3.63) is 0 Å². The first-order chi connectivity index (χ1) is 8.69. The molecule has 18 heavy (non-hydrogen) atoms. The van der Waals surface area contributed by atoms with Gasteiger partial charge in [0.1, 0.15) is 0 Å². The summed E-state index contributed by atoms with van der Waals surface area (Å²) in [4.78, 5) is 0. The first-order valence-electron chi connectivity index (χ1n) is 8.11. The number of rotatable bonds is 2. The van der Waals surface area contributed by atoms with Crippen LogP contribution in [0.15, 0.2) is 0 Å². The molecule has 0 radical (unpaired) electrons. The monoisotopic (exact) mass is 246 g/mol. The Balaban J connectivity index is 1.80. The van der Waals surface area contributed by atoms with Gasteiger partial charge in [-0.3, -0.25) is 0 Å². The standard InChI is InChI=1S/C18H30/c1-4-5-18-13-17(11-8-15(18)3)12-16-9-6-14(2)7-10-16/h14-18H,6-13H2,1-3H3/t14?,15-,16?,17+,18?/m1/s1. The van der Waals surface area contributed by atoms with Gasteiger partial charge in [-0.1, -0.05) is 51.9 Å². The van der Waals surface area contributed by atoms with Crippen molar-refractivity contribution in [1.29, 1.82) is 0 Å². The zero-order chi connectivity index (χ0) is 13.0. The van der Waals surface area contributed by atoms with Crippen LogP contribution in [0.5, 0.6) is 0 Å². The van der Waals surface area contributed by atoms with Gasteiger partial charge in [-0.15, -0.1) is 5.92 Å². The molecule has 0 aromatic rings. The fourth-order valence-corrected chi connectivity index (χ4v) is 4.05. The van der Waals surface area contributed by atoms with Crippen LogP contribution in [0.3, 0.4) is 0 Å². The minimum atomic E-state index is 0.691. The van der Waals surface area contributed by atoms with Crippen LogP contribution >= 0.6 is 0 Å². The summed E-state index contributed by atoms with van der Waals surface area (Å²) >= 11 is 0. The summed E-state index contributed by atoms with van der Waals surface area (Å²) in [7, 11) is 0. The van der Waals surface area contributed by atoms with Crippen molar-refractivity contribution < 1.29 is 0 Å². The molecule has 0 heteroatoms. The van der Waals surface area contributed by atoms with Crippen LogP contribution in [-0.4, -0.2) is 0 Å². The van der Waals surface area contributed by atoms with E-state index in [1.165, 1.54) is 51.4 Å². The maximum atomic E-state index is 3.46. The maximum absolute atomic E-state index is 3.46. The lowest BCUT2D eigenvalue weighted by Crippen LogP contribution is -2.24. The molecule has 0 spiro atoms. The fraction of sp³-hybridized carbons (Fsp3) is 0.889. The van der Waals surface area contributed by atoms with Crippen LogP contribution in [0, 0.1) is 41.4 Å². The Morgan fingerprint density at radius 3 is 2.22 bits per heavy atom. The Bertz CT molecular complexity index is 298. The van der Waals surface area contributed by atoms with Gasteiger partial charge in [0.2, 0.25) is 0 Å². The van der Waals surface area contributed by atoms with Crippen molar-refractivity contribution in [2.75, 3.05) is 0 Å². The summed E-state index contributed by atoms with van der Waals surface area (Å²) in [5.41, 5.74) is 0. The van der Waals surface area contributed by atoms with Gasteiger partial charge in [-0.2, -0.15) is 0 Å². The summed E-state index contributed by atoms with van der Waals surface area (Å²) in [6.07, 6.45) is 11.7. The Labute approximate surface area is 114 Å². The van der Waals surface area contributed by atoms with Crippen molar-refractivity contribution in [3.8, 4) is 11.8 Å². The molecule has 2 saturated carbocycles. The Morgan fingerprint density at radius 2 is 1.56 bits per heavy atom. The fourth-order valence-electron chi connectivity index (χ4n) is 4.05. The van der Waals surface area contributed by atoms with Gasteiger partial charge in [0.25, 0.3) is 0 Å². The predicted octanol–water partition coefficient (Wildman–Crippen LogP) is 5.28. The summed E-state index contributed by atoms with van der Waals surface area (Å²) in [6.45, 7) is 6.82. The minimum Gasteiger partial charge on any atom is -0.106 e. The molecule has 2 rings (SSSR count). The number of hydrogen-bond acceptors (Lipinski definition) is 0. The molecule has 102 valence electrons. The van der Waals surface area contributed by atoms with Crippen molar-refractivity contribution in [2.24, 2.45) is 29.6 Å². The second-order valence-corrected chi connectivity index (χ2v) is 7.02. The van der Waals surface area contributed by atoms with Gasteiger partial charge in [0.05, 0.1) is 0 Å². The van der Waals surface area contributed by atoms with Gasteiger partial charge in [0.15, 0.2) is 0 Å². The summed E-state index contributed by atoms with van der Waals surface area (Å²) in [5.74, 6) is 11.1. The van der Waals surface area contributed by atoms with Gasteiger partial charge in [-0.05, 0) is 49.9 Å². The van der Waals surface area contributed by atoms with E-state index < -0.39 is 0 Å². The molecule has 0 heterocycles. The van der Waals surface area contributed by atoms with Gasteiger partial charge in [-0.25, -0.2) is 0 Å². The van der Waals surface area contributed by atoms with Crippen molar-refractivity contribution >= 4 is 0 Å². The first-order valence-corrected chi connectivity index (χ1v) is 8.11. The average Bonchev–Trinajstić information content (AvgIpc) is 2.37. The maximum Gasteiger partial charge on any atom is 0.0231 e. The normalized spacial score (nSPS) is 40.9. The molecule has 3 atom stereocenters. The summed E-state index contributed by atoms with van der Waals surface area (Å²) < 4.78 is 0. The third kappa shape index (κ3) is 3.78. The van der Waals surface area contributed by atoms with Crippen LogP contribution in [0.2, 0.25) is 0 Å². The van der Waals surface area contributed by atoms with E-state index in [9.17, 15) is 0 Å². The lowest BCUT2D eigenvalue weighted by molar-refractivity contribution is 0.177. The van der Waals surface area contributed by atoms with E-state index in [1.807, 2.05) is 6.92 Å². The Hall–Kier alpha value is -0.440. The quantitative estimate of drug-likeness (QED) is 0.582. The molecule has 0 nitrogen and oxygen atoms in total. The third-order valence-corrected chi connectivity index (χ3v) is 5.44. The second kappa shape index (κ2) is 6.65. The minimum absolute atomic E-state index is 0.691. The van der Waals surface area contributed by atoms with Crippen LogP contribution in [0.4, 0.5) is 0 Å². The van der Waals surface area contributed by atoms with Crippen molar-refractivity contribution in [3.63, 3.8) is 0 Å². The average molecular weight is 246 g/mol. The Kier molecular flexibility index (Phi) is 5.16. The van der Waals surface area contributed by atoms with Crippen LogP contribution in [0.1, 0.15) is 72.1 Å². The molecular weight excluding hydrogens is 216 g/mol. The molecule has 0 aromatic carbocycles. The second-order valence-electron chi connectivity index (χ2n) is 7.02. The molecule has 0 amide bonds. The predicted molar refractivity (Wildman–Crippen MR) is 79.2 cm³/mol. The van der Waals surface area contributed by atoms with E-state index in [0.29, 0.717) is 5.92 Å². The highest BCUT2D eigenvalue weighted by Gasteiger charge is 2.29. The molecule has 2 aliphatic rings. The van der Waals surface area contributed by atoms with E-state index in [2.05, 4.69) is 25.7 Å². The smallest absolute Gasteiger partial charge is 0.0231 e. The van der Waals surface area contributed by atoms with Crippen LogP contribution < -0.4 is 0 Å². The lowest BCUT2D eigenvalue weighted by Gasteiger charge is -2.35. The van der Waals surface area contributed by atoms with Crippen molar-refractivity contribution in [2.45, 2.75) is 72.1 Å². The van der Waals surface area contributed by atoms with Crippen LogP contribution in [-0.2, 0) is 0 Å². The molecule has 2 aliphatic carbocycles. The SMILES string of the molecule is CC#CC1C[C@H](CC2CCC(C)CC2)CC[C@H]1C. The molecule has 1 unspecified atom stereocenters. The third-order valence-electron chi connectivity index (χ3n) is 5.44. The van der Waals surface area contributed by atoms with Gasteiger partial charge in [0, 0.05) is 5.92 Å². The van der Waals surface area contributed by atoms with Crippen molar-refractivity contribution in [1.82, 2.24) is 0 Å². The van der Waals surface area contributed by atoms with E-state index in [1.54, 1.807) is 0 Å².